The van der Waals surface area contributed by atoms with E-state index in [0.717, 1.165) is 5.69 Å². The molecule has 0 spiro atoms. The van der Waals surface area contributed by atoms with Crippen LogP contribution in [0.1, 0.15) is 28.5 Å². The van der Waals surface area contributed by atoms with Crippen LogP contribution < -0.4 is 0 Å². The number of hydrogen-bond donors (Lipinski definition) is 0. The third-order valence-corrected chi connectivity index (χ3v) is 4.17. The van der Waals surface area contributed by atoms with Crippen molar-refractivity contribution in [1.82, 2.24) is 14.8 Å². The molecule has 0 saturated heterocycles. The van der Waals surface area contributed by atoms with Crippen LogP contribution in [0.2, 0.25) is 0 Å². The monoisotopic (exact) mass is 329 g/mol. The maximum atomic E-state index is 11.4. The van der Waals surface area contributed by atoms with Gasteiger partial charge in [0.05, 0.1) is 18.0 Å². The van der Waals surface area contributed by atoms with Gasteiger partial charge in [-0.15, -0.1) is 5.10 Å². The van der Waals surface area contributed by atoms with Gasteiger partial charge >= 0.3 is 5.97 Å². The Morgan fingerprint density at radius 3 is 2.78 bits per heavy atom. The smallest absolute Gasteiger partial charge is 0.373 e. The lowest BCUT2D eigenvalue weighted by Gasteiger charge is -2.04. The second-order valence-corrected chi connectivity index (χ2v) is 6.07. The summed E-state index contributed by atoms with van der Waals surface area (Å²) in [6, 6.07) is 13.1. The molecule has 0 radical (unpaired) electrons. The molecule has 2 aromatic heterocycles. The van der Waals surface area contributed by atoms with E-state index in [9.17, 15) is 4.79 Å². The fourth-order valence-electron chi connectivity index (χ4n) is 2.00. The molecule has 23 heavy (non-hydrogen) atoms. The van der Waals surface area contributed by atoms with Crippen molar-refractivity contribution < 1.29 is 13.9 Å². The molecule has 0 amide bonds. The zero-order chi connectivity index (χ0) is 16.2. The highest BCUT2D eigenvalue weighted by Gasteiger charge is 2.18. The largest absolute Gasteiger partial charge is 0.463 e. The molecular weight excluding hydrogens is 314 g/mol. The number of thioether (sulfide) groups is 1. The molecule has 0 N–H and O–H groups in total. The molecule has 1 atom stereocenters. The number of aromatic nitrogens is 3. The highest BCUT2D eigenvalue weighted by Crippen LogP contribution is 2.33. The van der Waals surface area contributed by atoms with Crippen LogP contribution in [-0.2, 0) is 4.74 Å². The zero-order valence-corrected chi connectivity index (χ0v) is 13.5. The standard InChI is InChI=1S/C16H15N3O3S/c1-11(13-8-9-14(22-13)15(20)21-2)23-16-17-10-19(18-16)12-6-4-3-5-7-12/h3-11H,1-2H3/t11-/m0/s1. The predicted octanol–water partition coefficient (Wildman–Crippen LogP) is 3.50. The third-order valence-electron chi connectivity index (χ3n) is 3.19. The van der Waals surface area contributed by atoms with Gasteiger partial charge in [-0.2, -0.15) is 0 Å². The summed E-state index contributed by atoms with van der Waals surface area (Å²) < 4.78 is 11.9. The number of methoxy groups -OCH3 is 1. The molecule has 0 bridgehead atoms. The number of carbonyl (C=O) groups is 1. The van der Waals surface area contributed by atoms with E-state index in [1.54, 1.807) is 23.1 Å². The van der Waals surface area contributed by atoms with Gasteiger partial charge < -0.3 is 9.15 Å². The van der Waals surface area contributed by atoms with Crippen LogP contribution in [0.5, 0.6) is 0 Å². The van der Waals surface area contributed by atoms with Crippen molar-refractivity contribution in [3.8, 4) is 5.69 Å². The molecule has 7 heteroatoms. The second-order valence-electron chi connectivity index (χ2n) is 4.76. The van der Waals surface area contributed by atoms with Gasteiger partial charge in [0.25, 0.3) is 0 Å². The molecule has 1 aromatic carbocycles. The minimum absolute atomic E-state index is 0.0278. The topological polar surface area (TPSA) is 70.2 Å². The highest BCUT2D eigenvalue weighted by molar-refractivity contribution is 7.99. The molecule has 2 heterocycles. The number of esters is 1. The van der Waals surface area contributed by atoms with Gasteiger partial charge in [0.15, 0.2) is 0 Å². The first-order chi connectivity index (χ1) is 11.2. The van der Waals surface area contributed by atoms with E-state index in [0.29, 0.717) is 10.9 Å². The van der Waals surface area contributed by atoms with E-state index < -0.39 is 5.97 Å². The summed E-state index contributed by atoms with van der Waals surface area (Å²) in [5, 5.41) is 5.05. The average molecular weight is 329 g/mol. The Bertz CT molecular complexity index is 798. The Morgan fingerprint density at radius 2 is 2.04 bits per heavy atom. The van der Waals surface area contributed by atoms with Crippen LogP contribution in [0.25, 0.3) is 5.69 Å². The summed E-state index contributed by atoms with van der Waals surface area (Å²) in [6.45, 7) is 1.97. The molecule has 0 fully saturated rings. The van der Waals surface area contributed by atoms with Crippen LogP contribution in [0, 0.1) is 0 Å². The normalized spacial score (nSPS) is 12.1. The fourth-order valence-corrected chi connectivity index (χ4v) is 2.81. The van der Waals surface area contributed by atoms with Gasteiger partial charge in [0.2, 0.25) is 10.9 Å². The molecular formula is C16H15N3O3S. The summed E-state index contributed by atoms with van der Waals surface area (Å²) in [4.78, 5) is 15.7. The molecule has 6 nitrogen and oxygen atoms in total. The molecule has 0 aliphatic carbocycles. The summed E-state index contributed by atoms with van der Waals surface area (Å²) in [6.07, 6.45) is 1.67. The Labute approximate surface area is 137 Å². The number of rotatable bonds is 5. The van der Waals surface area contributed by atoms with Crippen molar-refractivity contribution in [2.45, 2.75) is 17.3 Å². The summed E-state index contributed by atoms with van der Waals surface area (Å²) in [5.74, 6) is 0.379. The number of benzene rings is 1. The molecule has 3 rings (SSSR count). The summed E-state index contributed by atoms with van der Waals surface area (Å²) >= 11 is 1.46. The maximum absolute atomic E-state index is 11.4. The van der Waals surface area contributed by atoms with Gasteiger partial charge in [-0.25, -0.2) is 14.5 Å². The Hall–Kier alpha value is -2.54. The van der Waals surface area contributed by atoms with E-state index in [1.807, 2.05) is 37.3 Å². The van der Waals surface area contributed by atoms with Gasteiger partial charge in [-0.05, 0) is 31.2 Å². The van der Waals surface area contributed by atoms with E-state index in [2.05, 4.69) is 14.8 Å². The number of carbonyl (C=O) groups excluding carboxylic acids is 1. The Morgan fingerprint density at radius 1 is 1.26 bits per heavy atom. The van der Waals surface area contributed by atoms with Gasteiger partial charge in [0.1, 0.15) is 12.1 Å². The molecule has 0 unspecified atom stereocenters. The summed E-state index contributed by atoms with van der Waals surface area (Å²) in [5.41, 5.74) is 0.950. The minimum Gasteiger partial charge on any atom is -0.463 e. The van der Waals surface area contributed by atoms with Crippen LogP contribution in [0.4, 0.5) is 0 Å². The number of ether oxygens (including phenoxy) is 1. The van der Waals surface area contributed by atoms with E-state index in [4.69, 9.17) is 4.42 Å². The van der Waals surface area contributed by atoms with Crippen molar-refractivity contribution >= 4 is 17.7 Å². The summed E-state index contributed by atoms with van der Waals surface area (Å²) in [7, 11) is 1.32. The van der Waals surface area contributed by atoms with Gasteiger partial charge in [0, 0.05) is 0 Å². The molecule has 0 aliphatic rings. The lowest BCUT2D eigenvalue weighted by Crippen LogP contribution is -1.98. The Balaban J connectivity index is 1.71. The lowest BCUT2D eigenvalue weighted by molar-refractivity contribution is 0.0563. The Kier molecular flexibility index (Phi) is 4.47. The van der Waals surface area contributed by atoms with E-state index in [1.165, 1.54) is 18.9 Å². The van der Waals surface area contributed by atoms with Crippen molar-refractivity contribution in [2.75, 3.05) is 7.11 Å². The van der Waals surface area contributed by atoms with Crippen molar-refractivity contribution in [3.63, 3.8) is 0 Å². The predicted molar refractivity (Wildman–Crippen MR) is 85.7 cm³/mol. The maximum Gasteiger partial charge on any atom is 0.373 e. The fraction of sp³-hybridized carbons (Fsp3) is 0.188. The molecule has 0 saturated carbocycles. The quantitative estimate of drug-likeness (QED) is 0.527. The molecule has 3 aromatic rings. The van der Waals surface area contributed by atoms with Crippen molar-refractivity contribution in [3.05, 3.63) is 60.3 Å². The first-order valence-corrected chi connectivity index (χ1v) is 7.87. The van der Waals surface area contributed by atoms with Gasteiger partial charge in [-0.3, -0.25) is 0 Å². The number of hydrogen-bond acceptors (Lipinski definition) is 6. The number of furan rings is 1. The van der Waals surface area contributed by atoms with Gasteiger partial charge in [-0.1, -0.05) is 30.0 Å². The highest BCUT2D eigenvalue weighted by atomic mass is 32.2. The van der Waals surface area contributed by atoms with Crippen LogP contribution in [-0.4, -0.2) is 27.8 Å². The second kappa shape index (κ2) is 6.70. The van der Waals surface area contributed by atoms with Crippen molar-refractivity contribution in [2.24, 2.45) is 0 Å². The zero-order valence-electron chi connectivity index (χ0n) is 12.7. The number of para-hydroxylation sites is 1. The SMILES string of the molecule is COC(=O)c1ccc([C@H](C)Sc2ncn(-c3ccccc3)n2)o1. The van der Waals surface area contributed by atoms with Crippen LogP contribution in [0.3, 0.4) is 0 Å². The molecule has 0 aliphatic heterocycles. The average Bonchev–Trinajstić information content (AvgIpc) is 3.24. The first-order valence-electron chi connectivity index (χ1n) is 6.99. The van der Waals surface area contributed by atoms with E-state index >= 15 is 0 Å². The lowest BCUT2D eigenvalue weighted by atomic mass is 10.3. The van der Waals surface area contributed by atoms with Crippen LogP contribution in [0.15, 0.2) is 58.4 Å². The first kappa shape index (κ1) is 15.4. The minimum atomic E-state index is -0.486. The van der Waals surface area contributed by atoms with Crippen LogP contribution >= 0.6 is 11.8 Å². The third kappa shape index (κ3) is 3.45. The molecule has 118 valence electrons. The van der Waals surface area contributed by atoms with E-state index in [-0.39, 0.29) is 11.0 Å². The number of nitrogens with zero attached hydrogens (tertiary/aromatic N) is 3. The van der Waals surface area contributed by atoms with Crippen molar-refractivity contribution in [1.29, 1.82) is 0 Å².